The van der Waals surface area contributed by atoms with E-state index in [0.29, 0.717) is 44.0 Å². The molecule has 202 valence electrons. The molecule has 0 saturated heterocycles. The molecular formula is C28H26Cl2N4O4S. The molecular weight excluding hydrogens is 559 g/mol. The summed E-state index contributed by atoms with van der Waals surface area (Å²) in [7, 11) is 1.53. The zero-order valence-electron chi connectivity index (χ0n) is 21.4. The van der Waals surface area contributed by atoms with Crippen LogP contribution in [0.25, 0.3) is 10.2 Å². The third-order valence-electron chi connectivity index (χ3n) is 6.62. The van der Waals surface area contributed by atoms with E-state index in [1.165, 1.54) is 29.1 Å². The van der Waals surface area contributed by atoms with Gasteiger partial charge in [-0.25, -0.2) is 10.4 Å². The highest BCUT2D eigenvalue weighted by Gasteiger charge is 2.23. The number of halogens is 2. The van der Waals surface area contributed by atoms with Gasteiger partial charge >= 0.3 is 0 Å². The average molecular weight is 586 g/mol. The summed E-state index contributed by atoms with van der Waals surface area (Å²) in [6.07, 6.45) is 5.80. The molecule has 1 unspecified atom stereocenters. The lowest BCUT2D eigenvalue weighted by atomic mass is 9.89. The Morgan fingerprint density at radius 3 is 2.82 bits per heavy atom. The molecule has 1 aliphatic carbocycles. The van der Waals surface area contributed by atoms with Crippen molar-refractivity contribution in [3.05, 3.63) is 84.7 Å². The van der Waals surface area contributed by atoms with Crippen molar-refractivity contribution >= 4 is 56.9 Å². The van der Waals surface area contributed by atoms with Crippen LogP contribution >= 0.6 is 34.5 Å². The zero-order chi connectivity index (χ0) is 27.5. The molecule has 1 aliphatic rings. The van der Waals surface area contributed by atoms with Crippen LogP contribution in [0.15, 0.2) is 52.6 Å². The van der Waals surface area contributed by atoms with Crippen LogP contribution in [0, 0.1) is 5.92 Å². The Bertz CT molecular complexity index is 1610. The number of nitrogens with zero attached hydrogens (tertiary/aromatic N) is 3. The van der Waals surface area contributed by atoms with Gasteiger partial charge in [-0.2, -0.15) is 5.10 Å². The molecule has 1 amide bonds. The van der Waals surface area contributed by atoms with E-state index < -0.39 is 5.91 Å². The second kappa shape index (κ2) is 11.8. The van der Waals surface area contributed by atoms with E-state index in [-0.39, 0.29) is 18.7 Å². The SMILES string of the molecule is COc1cc(/C=N/NC(=O)Cn2cnc3sc4c(c3c2=O)CCC(C)C4)ccc1OCc1c(Cl)cccc1Cl. The normalized spacial score (nSPS) is 14.9. The fourth-order valence-electron chi connectivity index (χ4n) is 4.55. The first-order valence-electron chi connectivity index (χ1n) is 12.4. The smallest absolute Gasteiger partial charge is 0.262 e. The zero-order valence-corrected chi connectivity index (χ0v) is 23.7. The van der Waals surface area contributed by atoms with Gasteiger partial charge < -0.3 is 9.47 Å². The summed E-state index contributed by atoms with van der Waals surface area (Å²) in [4.78, 5) is 32.1. The lowest BCUT2D eigenvalue weighted by Gasteiger charge is -2.17. The molecule has 2 aromatic heterocycles. The van der Waals surface area contributed by atoms with Gasteiger partial charge in [-0.15, -0.1) is 11.3 Å². The Balaban J connectivity index is 1.23. The van der Waals surface area contributed by atoms with E-state index in [1.807, 2.05) is 0 Å². The average Bonchev–Trinajstić information content (AvgIpc) is 3.28. The number of carbonyl (C=O) groups excluding carboxylic acids is 1. The Morgan fingerprint density at radius 1 is 1.26 bits per heavy atom. The Kier molecular flexibility index (Phi) is 8.20. The summed E-state index contributed by atoms with van der Waals surface area (Å²) in [5, 5.41) is 5.71. The number of benzene rings is 2. The van der Waals surface area contributed by atoms with E-state index in [2.05, 4.69) is 22.4 Å². The van der Waals surface area contributed by atoms with Gasteiger partial charge in [-0.05, 0) is 66.6 Å². The number of amides is 1. The van der Waals surface area contributed by atoms with Gasteiger partial charge in [0.05, 0.1) is 25.0 Å². The minimum Gasteiger partial charge on any atom is -0.493 e. The van der Waals surface area contributed by atoms with Crippen molar-refractivity contribution in [3.63, 3.8) is 0 Å². The Labute approximate surface area is 239 Å². The lowest BCUT2D eigenvalue weighted by molar-refractivity contribution is -0.121. The lowest BCUT2D eigenvalue weighted by Crippen LogP contribution is -2.30. The van der Waals surface area contributed by atoms with Gasteiger partial charge in [0.2, 0.25) is 0 Å². The standard InChI is InChI=1S/C28H26Cl2N4O4S/c1-16-6-8-18-24(10-16)39-27-26(18)28(36)34(15-31-27)13-25(35)33-32-12-17-7-9-22(23(11-17)37-2)38-14-19-20(29)4-3-5-21(19)30/h3-5,7,9,11-12,15-16H,6,8,10,13-14H2,1-2H3,(H,33,35)/b32-12+. The first-order valence-corrected chi connectivity index (χ1v) is 14.0. The Hall–Kier alpha value is -3.40. The predicted molar refractivity (Wildman–Crippen MR) is 155 cm³/mol. The highest BCUT2D eigenvalue weighted by Crippen LogP contribution is 2.35. The monoisotopic (exact) mass is 584 g/mol. The van der Waals surface area contributed by atoms with Crippen molar-refractivity contribution in [2.75, 3.05) is 7.11 Å². The minimum absolute atomic E-state index is 0.172. The van der Waals surface area contributed by atoms with Crippen LogP contribution in [0.5, 0.6) is 11.5 Å². The number of thiophene rings is 1. The highest BCUT2D eigenvalue weighted by molar-refractivity contribution is 7.18. The molecule has 1 atom stereocenters. The van der Waals surface area contributed by atoms with Crippen LogP contribution in [0.3, 0.4) is 0 Å². The van der Waals surface area contributed by atoms with Crippen LogP contribution < -0.4 is 20.5 Å². The van der Waals surface area contributed by atoms with Crippen molar-refractivity contribution in [1.82, 2.24) is 15.0 Å². The largest absolute Gasteiger partial charge is 0.493 e. The van der Waals surface area contributed by atoms with E-state index >= 15 is 0 Å². The third kappa shape index (κ3) is 5.95. The number of nitrogens with one attached hydrogen (secondary N) is 1. The number of hydrogen-bond acceptors (Lipinski definition) is 7. The summed E-state index contributed by atoms with van der Waals surface area (Å²) >= 11 is 14.0. The summed E-state index contributed by atoms with van der Waals surface area (Å²) in [5.74, 6) is 1.15. The van der Waals surface area contributed by atoms with Gasteiger partial charge in [-0.1, -0.05) is 36.2 Å². The molecule has 0 bridgehead atoms. The van der Waals surface area contributed by atoms with Gasteiger partial charge in [0.25, 0.3) is 11.5 Å². The van der Waals surface area contributed by atoms with Crippen LogP contribution in [0.2, 0.25) is 10.0 Å². The first-order chi connectivity index (χ1) is 18.8. The predicted octanol–water partition coefficient (Wildman–Crippen LogP) is 5.63. The van der Waals surface area contributed by atoms with E-state index in [1.54, 1.807) is 47.7 Å². The van der Waals surface area contributed by atoms with E-state index in [4.69, 9.17) is 32.7 Å². The third-order valence-corrected chi connectivity index (χ3v) is 8.49. The number of hydrogen-bond donors (Lipinski definition) is 1. The molecule has 11 heteroatoms. The van der Waals surface area contributed by atoms with Crippen molar-refractivity contribution in [3.8, 4) is 11.5 Å². The topological polar surface area (TPSA) is 94.8 Å². The highest BCUT2D eigenvalue weighted by atomic mass is 35.5. The molecule has 2 aromatic carbocycles. The summed E-state index contributed by atoms with van der Waals surface area (Å²) in [6, 6.07) is 10.5. The molecule has 0 spiro atoms. The molecule has 0 aliphatic heterocycles. The van der Waals surface area contributed by atoms with Crippen LogP contribution in [0.1, 0.15) is 34.9 Å². The minimum atomic E-state index is -0.434. The van der Waals surface area contributed by atoms with Crippen molar-refractivity contribution in [2.45, 2.75) is 39.3 Å². The molecule has 5 rings (SSSR count). The maximum atomic E-state index is 13.1. The molecule has 0 saturated carbocycles. The van der Waals surface area contributed by atoms with E-state index in [0.717, 1.165) is 29.7 Å². The van der Waals surface area contributed by atoms with Crippen molar-refractivity contribution in [2.24, 2.45) is 11.0 Å². The summed E-state index contributed by atoms with van der Waals surface area (Å²) in [6.45, 7) is 2.22. The number of ether oxygens (including phenoxy) is 2. The Morgan fingerprint density at radius 2 is 2.05 bits per heavy atom. The number of fused-ring (bicyclic) bond motifs is 3. The van der Waals surface area contributed by atoms with Gasteiger partial charge in [-0.3, -0.25) is 14.2 Å². The summed E-state index contributed by atoms with van der Waals surface area (Å²) in [5.41, 5.74) is 4.73. The fraction of sp³-hybridized carbons (Fsp3) is 0.286. The number of aromatic nitrogens is 2. The number of rotatable bonds is 8. The molecule has 4 aromatic rings. The quantitative estimate of drug-likeness (QED) is 0.214. The fourth-order valence-corrected chi connectivity index (χ4v) is 6.40. The van der Waals surface area contributed by atoms with Crippen LogP contribution in [-0.2, 0) is 30.8 Å². The van der Waals surface area contributed by atoms with Gasteiger partial charge in [0.1, 0.15) is 18.0 Å². The number of aryl methyl sites for hydroxylation is 1. The summed E-state index contributed by atoms with van der Waals surface area (Å²) < 4.78 is 12.6. The van der Waals surface area contributed by atoms with Gasteiger partial charge in [0.15, 0.2) is 11.5 Å². The number of carbonyl (C=O) groups is 1. The molecule has 39 heavy (non-hydrogen) atoms. The maximum Gasteiger partial charge on any atom is 0.262 e. The number of methoxy groups -OCH3 is 1. The molecule has 0 fully saturated rings. The maximum absolute atomic E-state index is 13.1. The first kappa shape index (κ1) is 27.2. The number of hydrazone groups is 1. The molecule has 2 heterocycles. The second-order valence-electron chi connectivity index (χ2n) is 9.40. The van der Waals surface area contributed by atoms with Gasteiger partial charge in [0, 0.05) is 20.5 Å². The van der Waals surface area contributed by atoms with Crippen LogP contribution in [-0.4, -0.2) is 28.8 Å². The molecule has 0 radical (unpaired) electrons. The van der Waals surface area contributed by atoms with E-state index in [9.17, 15) is 9.59 Å². The van der Waals surface area contributed by atoms with Crippen LogP contribution in [0.4, 0.5) is 0 Å². The van der Waals surface area contributed by atoms with Crippen molar-refractivity contribution in [1.29, 1.82) is 0 Å². The molecule has 1 N–H and O–H groups in total. The molecule has 8 nitrogen and oxygen atoms in total. The van der Waals surface area contributed by atoms with Crippen molar-refractivity contribution < 1.29 is 14.3 Å². The second-order valence-corrected chi connectivity index (χ2v) is 11.3.